The predicted molar refractivity (Wildman–Crippen MR) is 195 cm³/mol. The van der Waals surface area contributed by atoms with Crippen LogP contribution in [0.5, 0.6) is 0 Å². The van der Waals surface area contributed by atoms with E-state index >= 15 is 0 Å². The molecule has 0 bridgehead atoms. The summed E-state index contributed by atoms with van der Waals surface area (Å²) in [7, 11) is 0. The van der Waals surface area contributed by atoms with Gasteiger partial charge < -0.3 is 9.13 Å². The lowest BCUT2D eigenvalue weighted by atomic mass is 9.98. The van der Waals surface area contributed by atoms with Crippen molar-refractivity contribution in [2.45, 2.75) is 0 Å². The second-order valence-corrected chi connectivity index (χ2v) is 12.0. The molecule has 2 heterocycles. The Kier molecular flexibility index (Phi) is 6.22. The lowest BCUT2D eigenvalue weighted by Crippen LogP contribution is -1.98. The maximum atomic E-state index is 9.84. The van der Waals surface area contributed by atoms with E-state index in [0.717, 1.165) is 61.1 Å². The number of rotatable bonds is 4. The highest BCUT2D eigenvalue weighted by Gasteiger charge is 2.17. The molecular formula is C44H26N4. The Morgan fingerprint density at radius 2 is 0.833 bits per heavy atom. The molecule has 0 fully saturated rings. The minimum atomic E-state index is 0.624. The molecule has 4 nitrogen and oxygen atoms in total. The average molecular weight is 611 g/mol. The summed E-state index contributed by atoms with van der Waals surface area (Å²) in [5, 5.41) is 24.1. The molecule has 7 aromatic carbocycles. The van der Waals surface area contributed by atoms with E-state index in [4.69, 9.17) is 0 Å². The van der Waals surface area contributed by atoms with Crippen LogP contribution in [0, 0.1) is 22.7 Å². The minimum absolute atomic E-state index is 0.624. The highest BCUT2D eigenvalue weighted by atomic mass is 15.0. The van der Waals surface area contributed by atoms with E-state index in [1.54, 1.807) is 0 Å². The number of hydrogen-bond donors (Lipinski definition) is 0. The summed E-state index contributed by atoms with van der Waals surface area (Å²) in [4.78, 5) is 0. The molecule has 0 aliphatic rings. The van der Waals surface area contributed by atoms with Crippen molar-refractivity contribution >= 4 is 43.6 Å². The Morgan fingerprint density at radius 3 is 1.42 bits per heavy atom. The number of para-hydroxylation sites is 3. The van der Waals surface area contributed by atoms with Gasteiger partial charge in [0.1, 0.15) is 0 Å². The fraction of sp³-hybridized carbons (Fsp3) is 0. The summed E-state index contributed by atoms with van der Waals surface area (Å²) >= 11 is 0. The van der Waals surface area contributed by atoms with E-state index < -0.39 is 0 Å². The molecule has 0 saturated carbocycles. The number of nitriles is 2. The second-order valence-electron chi connectivity index (χ2n) is 12.0. The SMILES string of the molecule is N#Cc1ccc(-c2ccc(-c3ccc(-n4c5ccccc5c5ccc(C#N)cc54)cc3)cc2)c(-n2c3ccccc3c3ccccc32)c1. The highest BCUT2D eigenvalue weighted by molar-refractivity contribution is 6.10. The van der Waals surface area contributed by atoms with Crippen molar-refractivity contribution in [3.63, 3.8) is 0 Å². The number of nitrogens with zero attached hydrogens (tertiary/aromatic N) is 4. The first-order valence-electron chi connectivity index (χ1n) is 15.9. The van der Waals surface area contributed by atoms with E-state index in [1.807, 2.05) is 30.3 Å². The predicted octanol–water partition coefficient (Wildman–Crippen LogP) is 11.0. The van der Waals surface area contributed by atoms with Crippen LogP contribution in [-0.4, -0.2) is 9.13 Å². The van der Waals surface area contributed by atoms with Gasteiger partial charge in [-0.25, -0.2) is 0 Å². The lowest BCUT2D eigenvalue weighted by molar-refractivity contribution is 1.18. The summed E-state index contributed by atoms with van der Waals surface area (Å²) < 4.78 is 4.52. The third-order valence-corrected chi connectivity index (χ3v) is 9.41. The fourth-order valence-electron chi connectivity index (χ4n) is 7.18. The number of hydrogen-bond acceptors (Lipinski definition) is 2. The van der Waals surface area contributed by atoms with Crippen LogP contribution in [0.4, 0.5) is 0 Å². The molecule has 0 atom stereocenters. The monoisotopic (exact) mass is 610 g/mol. The first-order chi connectivity index (χ1) is 23.7. The molecule has 0 radical (unpaired) electrons. The summed E-state index contributed by atoms with van der Waals surface area (Å²) in [5.74, 6) is 0. The third-order valence-electron chi connectivity index (χ3n) is 9.41. The van der Waals surface area contributed by atoms with Gasteiger partial charge in [-0.1, -0.05) is 103 Å². The Balaban J connectivity index is 1.12. The van der Waals surface area contributed by atoms with Crippen LogP contribution in [0.25, 0.3) is 77.2 Å². The van der Waals surface area contributed by atoms with Gasteiger partial charge in [0.15, 0.2) is 0 Å². The molecule has 48 heavy (non-hydrogen) atoms. The topological polar surface area (TPSA) is 57.4 Å². The van der Waals surface area contributed by atoms with Gasteiger partial charge in [0.05, 0.1) is 51.0 Å². The van der Waals surface area contributed by atoms with Gasteiger partial charge in [0.25, 0.3) is 0 Å². The maximum Gasteiger partial charge on any atom is 0.0992 e. The Morgan fingerprint density at radius 1 is 0.375 bits per heavy atom. The molecule has 9 aromatic rings. The molecule has 0 N–H and O–H groups in total. The molecular weight excluding hydrogens is 585 g/mol. The Hall–Kier alpha value is -6.88. The molecule has 0 aliphatic carbocycles. The van der Waals surface area contributed by atoms with E-state index in [0.29, 0.717) is 11.1 Å². The number of fused-ring (bicyclic) bond motifs is 6. The van der Waals surface area contributed by atoms with E-state index in [1.165, 1.54) is 16.2 Å². The molecule has 222 valence electrons. The van der Waals surface area contributed by atoms with Crippen LogP contribution in [0.15, 0.2) is 158 Å². The molecule has 4 heteroatoms. The maximum absolute atomic E-state index is 9.84. The van der Waals surface area contributed by atoms with Crippen LogP contribution in [0.3, 0.4) is 0 Å². The third kappa shape index (κ3) is 4.22. The van der Waals surface area contributed by atoms with Crippen molar-refractivity contribution in [2.75, 3.05) is 0 Å². The summed E-state index contributed by atoms with van der Waals surface area (Å²) in [6, 6.07) is 59.0. The van der Waals surface area contributed by atoms with E-state index in [-0.39, 0.29) is 0 Å². The quantitative estimate of drug-likeness (QED) is 0.199. The molecule has 2 aromatic heterocycles. The van der Waals surface area contributed by atoms with Gasteiger partial charge in [-0.2, -0.15) is 10.5 Å². The number of aromatic nitrogens is 2. The van der Waals surface area contributed by atoms with Crippen LogP contribution in [0.1, 0.15) is 11.1 Å². The minimum Gasteiger partial charge on any atom is -0.309 e. The van der Waals surface area contributed by atoms with Gasteiger partial charge in [0.2, 0.25) is 0 Å². The van der Waals surface area contributed by atoms with Crippen molar-refractivity contribution in [1.82, 2.24) is 9.13 Å². The standard InChI is InChI=1S/C44H26N4/c45-27-29-13-23-35(43(25-29)48-41-11-5-2-7-36(41)37-8-3-6-12-42(37)48)33-17-15-31(16-18-33)32-19-21-34(22-20-32)47-40-10-4-1-9-38(40)39-24-14-30(28-46)26-44(39)47/h1-26H. The van der Waals surface area contributed by atoms with Gasteiger partial charge in [0, 0.05) is 32.8 Å². The van der Waals surface area contributed by atoms with Crippen LogP contribution >= 0.6 is 0 Å². The Bertz CT molecular complexity index is 2730. The molecule has 9 rings (SSSR count). The summed E-state index contributed by atoms with van der Waals surface area (Å²) in [6.07, 6.45) is 0. The smallest absolute Gasteiger partial charge is 0.0992 e. The number of benzene rings is 7. The van der Waals surface area contributed by atoms with E-state index in [2.05, 4.69) is 149 Å². The largest absolute Gasteiger partial charge is 0.309 e. The average Bonchev–Trinajstić information content (AvgIpc) is 3.67. The molecule has 0 unspecified atom stereocenters. The van der Waals surface area contributed by atoms with Gasteiger partial charge in [-0.15, -0.1) is 0 Å². The fourth-order valence-corrected chi connectivity index (χ4v) is 7.18. The Labute approximate surface area is 277 Å². The van der Waals surface area contributed by atoms with Crippen molar-refractivity contribution in [3.05, 3.63) is 169 Å². The molecule has 0 saturated heterocycles. The first-order valence-corrected chi connectivity index (χ1v) is 15.9. The van der Waals surface area contributed by atoms with Gasteiger partial charge in [-0.3, -0.25) is 0 Å². The summed E-state index contributed by atoms with van der Waals surface area (Å²) in [5.41, 5.74) is 12.0. The normalized spacial score (nSPS) is 11.3. The molecule has 0 amide bonds. The second kappa shape index (κ2) is 10.9. The summed E-state index contributed by atoms with van der Waals surface area (Å²) in [6.45, 7) is 0. The lowest BCUT2D eigenvalue weighted by Gasteiger charge is -2.15. The van der Waals surface area contributed by atoms with Crippen molar-refractivity contribution in [1.29, 1.82) is 10.5 Å². The van der Waals surface area contributed by atoms with Crippen molar-refractivity contribution < 1.29 is 0 Å². The van der Waals surface area contributed by atoms with Crippen LogP contribution < -0.4 is 0 Å². The zero-order chi connectivity index (χ0) is 32.2. The van der Waals surface area contributed by atoms with Gasteiger partial charge >= 0.3 is 0 Å². The van der Waals surface area contributed by atoms with Crippen molar-refractivity contribution in [3.8, 4) is 45.8 Å². The van der Waals surface area contributed by atoms with Crippen LogP contribution in [-0.2, 0) is 0 Å². The zero-order valence-corrected chi connectivity index (χ0v) is 25.8. The van der Waals surface area contributed by atoms with Crippen molar-refractivity contribution in [2.24, 2.45) is 0 Å². The first kappa shape index (κ1) is 27.4. The highest BCUT2D eigenvalue weighted by Crippen LogP contribution is 2.38. The molecule has 0 spiro atoms. The zero-order valence-electron chi connectivity index (χ0n) is 25.8. The molecule has 0 aliphatic heterocycles. The van der Waals surface area contributed by atoms with E-state index in [9.17, 15) is 10.5 Å². The van der Waals surface area contributed by atoms with Crippen LogP contribution in [0.2, 0.25) is 0 Å². The van der Waals surface area contributed by atoms with Gasteiger partial charge in [-0.05, 0) is 71.3 Å².